The molecule has 0 saturated heterocycles. The lowest BCUT2D eigenvalue weighted by atomic mass is 10.2. The Balaban J connectivity index is 1.84. The molecular formula is C13H17N3O2S. The van der Waals surface area contributed by atoms with Gasteiger partial charge in [-0.3, -0.25) is 0 Å². The summed E-state index contributed by atoms with van der Waals surface area (Å²) < 4.78 is 26.5. The molecule has 2 N–H and O–H groups in total. The first-order valence-corrected chi connectivity index (χ1v) is 7.83. The maximum Gasteiger partial charge on any atom is 0.240 e. The van der Waals surface area contributed by atoms with Crippen molar-refractivity contribution in [2.75, 3.05) is 13.1 Å². The van der Waals surface area contributed by atoms with Gasteiger partial charge in [-0.05, 0) is 44.0 Å². The SMILES string of the molecule is N#Cc1cccc(S(=O)(=O)NCCCNC2CC2)c1. The summed E-state index contributed by atoms with van der Waals surface area (Å²) in [6, 6.07) is 8.60. The molecule has 1 fully saturated rings. The Hall–Kier alpha value is -1.42. The van der Waals surface area contributed by atoms with Crippen molar-refractivity contribution in [1.29, 1.82) is 5.26 Å². The summed E-state index contributed by atoms with van der Waals surface area (Å²) in [5, 5.41) is 12.1. The Bertz CT molecular complexity index is 574. The molecule has 102 valence electrons. The Kier molecular flexibility index (Phi) is 4.53. The molecule has 0 amide bonds. The van der Waals surface area contributed by atoms with Gasteiger partial charge >= 0.3 is 0 Å². The molecule has 0 unspecified atom stereocenters. The molecule has 0 aliphatic heterocycles. The van der Waals surface area contributed by atoms with E-state index < -0.39 is 10.0 Å². The minimum Gasteiger partial charge on any atom is -0.314 e. The van der Waals surface area contributed by atoms with E-state index in [4.69, 9.17) is 5.26 Å². The molecule has 1 aliphatic carbocycles. The molecule has 1 aromatic carbocycles. The maximum absolute atomic E-state index is 12.0. The van der Waals surface area contributed by atoms with Gasteiger partial charge in [-0.25, -0.2) is 13.1 Å². The number of nitrogens with zero attached hydrogens (tertiary/aromatic N) is 1. The third-order valence-electron chi connectivity index (χ3n) is 2.93. The number of hydrogen-bond acceptors (Lipinski definition) is 4. The van der Waals surface area contributed by atoms with Crippen LogP contribution < -0.4 is 10.0 Å². The number of nitriles is 1. The van der Waals surface area contributed by atoms with E-state index in [1.165, 1.54) is 25.0 Å². The monoisotopic (exact) mass is 279 g/mol. The summed E-state index contributed by atoms with van der Waals surface area (Å²) in [7, 11) is -3.51. The van der Waals surface area contributed by atoms with Gasteiger partial charge in [-0.1, -0.05) is 6.07 Å². The van der Waals surface area contributed by atoms with Crippen LogP contribution >= 0.6 is 0 Å². The van der Waals surface area contributed by atoms with E-state index >= 15 is 0 Å². The molecule has 0 atom stereocenters. The van der Waals surface area contributed by atoms with Crippen molar-refractivity contribution in [3.63, 3.8) is 0 Å². The van der Waals surface area contributed by atoms with Crippen molar-refractivity contribution in [2.45, 2.75) is 30.2 Å². The average Bonchev–Trinajstić information content (AvgIpc) is 3.22. The molecule has 0 bridgehead atoms. The van der Waals surface area contributed by atoms with Crippen LogP contribution in [0.1, 0.15) is 24.8 Å². The average molecular weight is 279 g/mol. The zero-order valence-corrected chi connectivity index (χ0v) is 11.4. The maximum atomic E-state index is 12.0. The highest BCUT2D eigenvalue weighted by Gasteiger charge is 2.19. The molecule has 0 aromatic heterocycles. The van der Waals surface area contributed by atoms with Gasteiger partial charge in [0.2, 0.25) is 10.0 Å². The molecule has 5 nitrogen and oxygen atoms in total. The summed E-state index contributed by atoms with van der Waals surface area (Å²) >= 11 is 0. The van der Waals surface area contributed by atoms with Crippen LogP contribution in [-0.4, -0.2) is 27.5 Å². The highest BCUT2D eigenvalue weighted by Crippen LogP contribution is 2.18. The van der Waals surface area contributed by atoms with Crippen LogP contribution in [0.4, 0.5) is 0 Å². The highest BCUT2D eigenvalue weighted by atomic mass is 32.2. The van der Waals surface area contributed by atoms with E-state index in [0.29, 0.717) is 18.2 Å². The highest BCUT2D eigenvalue weighted by molar-refractivity contribution is 7.89. The number of sulfonamides is 1. The lowest BCUT2D eigenvalue weighted by Crippen LogP contribution is -2.28. The van der Waals surface area contributed by atoms with Gasteiger partial charge in [0.15, 0.2) is 0 Å². The normalized spacial score (nSPS) is 15.1. The smallest absolute Gasteiger partial charge is 0.240 e. The van der Waals surface area contributed by atoms with Crippen LogP contribution in [0, 0.1) is 11.3 Å². The lowest BCUT2D eigenvalue weighted by Gasteiger charge is -2.07. The fraction of sp³-hybridized carbons (Fsp3) is 0.462. The Morgan fingerprint density at radius 2 is 2.11 bits per heavy atom. The predicted octanol–water partition coefficient (Wildman–Crippen LogP) is 0.979. The van der Waals surface area contributed by atoms with Gasteiger partial charge in [0.25, 0.3) is 0 Å². The van der Waals surface area contributed by atoms with Gasteiger partial charge < -0.3 is 5.32 Å². The van der Waals surface area contributed by atoms with Crippen LogP contribution in [0.25, 0.3) is 0 Å². The van der Waals surface area contributed by atoms with Gasteiger partial charge in [-0.15, -0.1) is 0 Å². The van der Waals surface area contributed by atoms with Crippen LogP contribution in [0.3, 0.4) is 0 Å². The third-order valence-corrected chi connectivity index (χ3v) is 4.39. The molecule has 1 aromatic rings. The van der Waals surface area contributed by atoms with Gasteiger partial charge in [0.05, 0.1) is 16.5 Å². The minimum atomic E-state index is -3.51. The standard InChI is InChI=1S/C13H17N3O2S/c14-10-11-3-1-4-13(9-11)19(17,18)16-8-2-7-15-12-5-6-12/h1,3-4,9,12,15-16H,2,5-8H2. The van der Waals surface area contributed by atoms with E-state index in [-0.39, 0.29) is 4.90 Å². The largest absolute Gasteiger partial charge is 0.314 e. The number of benzene rings is 1. The summed E-state index contributed by atoms with van der Waals surface area (Å²) in [6.45, 7) is 1.23. The van der Waals surface area contributed by atoms with Crippen molar-refractivity contribution in [3.8, 4) is 6.07 Å². The minimum absolute atomic E-state index is 0.140. The number of rotatable bonds is 7. The third kappa shape index (κ3) is 4.31. The van der Waals surface area contributed by atoms with E-state index in [1.807, 2.05) is 6.07 Å². The van der Waals surface area contributed by atoms with Crippen LogP contribution in [0.2, 0.25) is 0 Å². The van der Waals surface area contributed by atoms with Crippen molar-refractivity contribution < 1.29 is 8.42 Å². The van der Waals surface area contributed by atoms with Crippen molar-refractivity contribution >= 4 is 10.0 Å². The molecule has 0 heterocycles. The molecular weight excluding hydrogens is 262 g/mol. The second-order valence-corrected chi connectivity index (χ2v) is 6.39. The lowest BCUT2D eigenvalue weighted by molar-refractivity contribution is 0.573. The second kappa shape index (κ2) is 6.15. The molecule has 0 radical (unpaired) electrons. The molecule has 2 rings (SSSR count). The van der Waals surface area contributed by atoms with E-state index in [0.717, 1.165) is 13.0 Å². The van der Waals surface area contributed by atoms with Crippen LogP contribution in [0.5, 0.6) is 0 Å². The second-order valence-electron chi connectivity index (χ2n) is 4.62. The van der Waals surface area contributed by atoms with Crippen molar-refractivity contribution in [1.82, 2.24) is 10.0 Å². The fourth-order valence-corrected chi connectivity index (χ4v) is 2.82. The molecule has 1 aliphatic rings. The quantitative estimate of drug-likeness (QED) is 0.729. The topological polar surface area (TPSA) is 82.0 Å². The van der Waals surface area contributed by atoms with E-state index in [1.54, 1.807) is 12.1 Å². The summed E-state index contributed by atoms with van der Waals surface area (Å²) in [5.41, 5.74) is 0.346. The first-order valence-electron chi connectivity index (χ1n) is 6.35. The van der Waals surface area contributed by atoms with Crippen molar-refractivity contribution in [3.05, 3.63) is 29.8 Å². The summed E-state index contributed by atoms with van der Waals surface area (Å²) in [4.78, 5) is 0.140. The van der Waals surface area contributed by atoms with E-state index in [2.05, 4.69) is 10.0 Å². The Morgan fingerprint density at radius 1 is 1.32 bits per heavy atom. The van der Waals surface area contributed by atoms with Gasteiger partial charge in [0.1, 0.15) is 0 Å². The fourth-order valence-electron chi connectivity index (χ4n) is 1.70. The first kappa shape index (κ1) is 14.0. The Morgan fingerprint density at radius 3 is 2.79 bits per heavy atom. The number of nitrogens with one attached hydrogen (secondary N) is 2. The predicted molar refractivity (Wildman–Crippen MR) is 72.0 cm³/mol. The van der Waals surface area contributed by atoms with Crippen LogP contribution in [0.15, 0.2) is 29.2 Å². The van der Waals surface area contributed by atoms with E-state index in [9.17, 15) is 8.42 Å². The first-order chi connectivity index (χ1) is 9.12. The summed E-state index contributed by atoms with van der Waals surface area (Å²) in [6.07, 6.45) is 3.22. The molecule has 1 saturated carbocycles. The Labute approximate surface area is 113 Å². The number of hydrogen-bond donors (Lipinski definition) is 2. The van der Waals surface area contributed by atoms with Crippen LogP contribution in [-0.2, 0) is 10.0 Å². The van der Waals surface area contributed by atoms with Crippen molar-refractivity contribution in [2.24, 2.45) is 0 Å². The summed E-state index contributed by atoms with van der Waals surface area (Å²) in [5.74, 6) is 0. The zero-order chi connectivity index (χ0) is 13.7. The molecule has 19 heavy (non-hydrogen) atoms. The molecule has 0 spiro atoms. The van der Waals surface area contributed by atoms with Gasteiger partial charge in [0, 0.05) is 12.6 Å². The molecule has 6 heteroatoms. The van der Waals surface area contributed by atoms with Gasteiger partial charge in [-0.2, -0.15) is 5.26 Å². The zero-order valence-electron chi connectivity index (χ0n) is 10.6.